The molecule has 5 heteroatoms. The van der Waals surface area contributed by atoms with Gasteiger partial charge in [-0.2, -0.15) is 0 Å². The lowest BCUT2D eigenvalue weighted by Gasteiger charge is -2.16. The summed E-state index contributed by atoms with van der Waals surface area (Å²) in [5, 5.41) is 13.2. The number of phenolic OH excluding ortho intramolecular Hbond substituents is 1. The summed E-state index contributed by atoms with van der Waals surface area (Å²) < 4.78 is 6.16. The SMILES string of the molecule is COc1ccc(C(C)NCc2ccc(O)c(Cl)c2)cc1Br. The summed E-state index contributed by atoms with van der Waals surface area (Å²) >= 11 is 9.39. The minimum absolute atomic E-state index is 0.104. The number of aromatic hydroxyl groups is 1. The lowest BCUT2D eigenvalue weighted by molar-refractivity contribution is 0.411. The summed E-state index contributed by atoms with van der Waals surface area (Å²) in [6, 6.07) is 11.4. The maximum Gasteiger partial charge on any atom is 0.134 e. The quantitative estimate of drug-likeness (QED) is 0.804. The number of nitrogens with one attached hydrogen (secondary N) is 1. The highest BCUT2D eigenvalue weighted by Crippen LogP contribution is 2.28. The first-order valence-electron chi connectivity index (χ1n) is 6.55. The van der Waals surface area contributed by atoms with E-state index in [-0.39, 0.29) is 11.8 Å². The van der Waals surface area contributed by atoms with Gasteiger partial charge in [-0.05, 0) is 58.2 Å². The van der Waals surface area contributed by atoms with Crippen molar-refractivity contribution in [2.45, 2.75) is 19.5 Å². The molecule has 112 valence electrons. The third-order valence-electron chi connectivity index (χ3n) is 3.30. The Hall–Kier alpha value is -1.23. The summed E-state index contributed by atoms with van der Waals surface area (Å²) in [6.07, 6.45) is 0. The van der Waals surface area contributed by atoms with E-state index in [0.29, 0.717) is 11.6 Å². The molecule has 0 fully saturated rings. The van der Waals surface area contributed by atoms with Crippen LogP contribution in [0.3, 0.4) is 0 Å². The highest BCUT2D eigenvalue weighted by Gasteiger charge is 2.08. The number of phenols is 1. The number of methoxy groups -OCH3 is 1. The fraction of sp³-hybridized carbons (Fsp3) is 0.250. The Bertz CT molecular complexity index is 634. The lowest BCUT2D eigenvalue weighted by atomic mass is 10.1. The van der Waals surface area contributed by atoms with Gasteiger partial charge in [0, 0.05) is 12.6 Å². The van der Waals surface area contributed by atoms with Gasteiger partial charge >= 0.3 is 0 Å². The van der Waals surface area contributed by atoms with E-state index in [9.17, 15) is 5.11 Å². The molecular weight excluding hydrogens is 354 g/mol. The van der Waals surface area contributed by atoms with E-state index in [1.165, 1.54) is 0 Å². The highest BCUT2D eigenvalue weighted by atomic mass is 79.9. The number of hydrogen-bond donors (Lipinski definition) is 2. The second-order valence-corrected chi connectivity index (χ2v) is 6.04. The molecule has 0 bridgehead atoms. The first kappa shape index (κ1) is 16.1. The van der Waals surface area contributed by atoms with Crippen LogP contribution >= 0.6 is 27.5 Å². The van der Waals surface area contributed by atoms with Gasteiger partial charge in [0.1, 0.15) is 11.5 Å². The molecule has 21 heavy (non-hydrogen) atoms. The molecule has 2 aromatic rings. The van der Waals surface area contributed by atoms with Crippen molar-refractivity contribution in [3.8, 4) is 11.5 Å². The number of ether oxygens (including phenoxy) is 1. The first-order chi connectivity index (χ1) is 10.0. The second kappa shape index (κ2) is 7.16. The van der Waals surface area contributed by atoms with Crippen LogP contribution in [0.2, 0.25) is 5.02 Å². The zero-order valence-corrected chi connectivity index (χ0v) is 14.2. The molecule has 0 saturated carbocycles. The van der Waals surface area contributed by atoms with Gasteiger partial charge in [0.2, 0.25) is 0 Å². The van der Waals surface area contributed by atoms with E-state index < -0.39 is 0 Å². The second-order valence-electron chi connectivity index (χ2n) is 4.78. The van der Waals surface area contributed by atoms with Gasteiger partial charge in [-0.25, -0.2) is 0 Å². The molecule has 0 aromatic heterocycles. The Labute approximate surface area is 138 Å². The van der Waals surface area contributed by atoms with Gasteiger partial charge in [-0.1, -0.05) is 23.7 Å². The summed E-state index contributed by atoms with van der Waals surface area (Å²) in [5.74, 6) is 0.920. The molecule has 3 nitrogen and oxygen atoms in total. The van der Waals surface area contributed by atoms with Crippen molar-refractivity contribution in [3.63, 3.8) is 0 Å². The normalized spacial score (nSPS) is 12.2. The number of rotatable bonds is 5. The van der Waals surface area contributed by atoms with Crippen LogP contribution in [0.15, 0.2) is 40.9 Å². The zero-order chi connectivity index (χ0) is 15.4. The minimum atomic E-state index is 0.104. The molecule has 2 aromatic carbocycles. The summed E-state index contributed by atoms with van der Waals surface area (Å²) in [4.78, 5) is 0. The van der Waals surface area contributed by atoms with Crippen molar-refractivity contribution in [3.05, 3.63) is 57.0 Å². The van der Waals surface area contributed by atoms with Crippen molar-refractivity contribution >= 4 is 27.5 Å². The van der Waals surface area contributed by atoms with Crippen LogP contribution in [-0.4, -0.2) is 12.2 Å². The molecule has 1 atom stereocenters. The predicted molar refractivity (Wildman–Crippen MR) is 89.1 cm³/mol. The van der Waals surface area contributed by atoms with Crippen LogP contribution in [0.25, 0.3) is 0 Å². The van der Waals surface area contributed by atoms with Crippen molar-refractivity contribution < 1.29 is 9.84 Å². The average Bonchev–Trinajstić information content (AvgIpc) is 2.48. The van der Waals surface area contributed by atoms with E-state index in [2.05, 4.69) is 28.2 Å². The van der Waals surface area contributed by atoms with Gasteiger partial charge in [0.05, 0.1) is 16.6 Å². The summed E-state index contributed by atoms with van der Waals surface area (Å²) in [5.41, 5.74) is 2.18. The molecule has 0 spiro atoms. The molecule has 0 heterocycles. The predicted octanol–water partition coefficient (Wildman–Crippen LogP) is 4.67. The maximum absolute atomic E-state index is 9.41. The van der Waals surface area contributed by atoms with Crippen molar-refractivity contribution in [1.29, 1.82) is 0 Å². The van der Waals surface area contributed by atoms with Gasteiger partial charge in [0.25, 0.3) is 0 Å². The van der Waals surface area contributed by atoms with E-state index in [0.717, 1.165) is 21.3 Å². The monoisotopic (exact) mass is 369 g/mol. The average molecular weight is 371 g/mol. The van der Waals surface area contributed by atoms with Gasteiger partial charge in [-0.15, -0.1) is 0 Å². The van der Waals surface area contributed by atoms with Crippen LogP contribution in [0.4, 0.5) is 0 Å². The van der Waals surface area contributed by atoms with Crippen molar-refractivity contribution in [1.82, 2.24) is 5.32 Å². The Balaban J connectivity index is 2.02. The van der Waals surface area contributed by atoms with E-state index in [1.807, 2.05) is 24.3 Å². The molecule has 0 saturated heterocycles. The number of hydrogen-bond acceptors (Lipinski definition) is 3. The molecule has 2 rings (SSSR count). The molecule has 0 amide bonds. The standard InChI is InChI=1S/C16H17BrClNO2/c1-10(12-4-6-16(21-2)13(17)8-12)19-9-11-3-5-15(20)14(18)7-11/h3-8,10,19-20H,9H2,1-2H3. The Morgan fingerprint density at radius 1 is 1.29 bits per heavy atom. The molecule has 0 aliphatic heterocycles. The maximum atomic E-state index is 9.41. The molecule has 0 radical (unpaired) electrons. The van der Waals surface area contributed by atoms with Crippen LogP contribution < -0.4 is 10.1 Å². The Morgan fingerprint density at radius 2 is 2.05 bits per heavy atom. The molecule has 1 unspecified atom stereocenters. The van der Waals surface area contributed by atoms with E-state index >= 15 is 0 Å². The Morgan fingerprint density at radius 3 is 2.67 bits per heavy atom. The van der Waals surface area contributed by atoms with Crippen molar-refractivity contribution in [2.75, 3.05) is 7.11 Å². The van der Waals surface area contributed by atoms with E-state index in [4.69, 9.17) is 16.3 Å². The number of benzene rings is 2. The van der Waals surface area contributed by atoms with Crippen LogP contribution in [0, 0.1) is 0 Å². The van der Waals surface area contributed by atoms with Gasteiger partial charge < -0.3 is 15.2 Å². The molecule has 0 aliphatic carbocycles. The van der Waals surface area contributed by atoms with Gasteiger partial charge in [0.15, 0.2) is 0 Å². The highest BCUT2D eigenvalue weighted by molar-refractivity contribution is 9.10. The minimum Gasteiger partial charge on any atom is -0.506 e. The number of halogens is 2. The summed E-state index contributed by atoms with van der Waals surface area (Å²) in [6.45, 7) is 2.76. The van der Waals surface area contributed by atoms with E-state index in [1.54, 1.807) is 19.2 Å². The van der Waals surface area contributed by atoms with Crippen LogP contribution in [-0.2, 0) is 6.54 Å². The zero-order valence-electron chi connectivity index (χ0n) is 11.9. The summed E-state index contributed by atoms with van der Waals surface area (Å²) in [7, 11) is 1.65. The fourth-order valence-corrected chi connectivity index (χ4v) is 2.76. The Kier molecular flexibility index (Phi) is 5.51. The largest absolute Gasteiger partial charge is 0.506 e. The first-order valence-corrected chi connectivity index (χ1v) is 7.72. The molecule has 0 aliphatic rings. The van der Waals surface area contributed by atoms with Crippen LogP contribution in [0.1, 0.15) is 24.1 Å². The fourth-order valence-electron chi connectivity index (χ4n) is 2.00. The molecule has 2 N–H and O–H groups in total. The van der Waals surface area contributed by atoms with Crippen molar-refractivity contribution in [2.24, 2.45) is 0 Å². The third kappa shape index (κ3) is 4.13. The van der Waals surface area contributed by atoms with Crippen LogP contribution in [0.5, 0.6) is 11.5 Å². The molecular formula is C16H17BrClNO2. The van der Waals surface area contributed by atoms with Gasteiger partial charge in [-0.3, -0.25) is 0 Å². The topological polar surface area (TPSA) is 41.5 Å². The lowest BCUT2D eigenvalue weighted by Crippen LogP contribution is -2.18. The smallest absolute Gasteiger partial charge is 0.134 e. The third-order valence-corrected chi connectivity index (χ3v) is 4.22.